The topological polar surface area (TPSA) is 45.6 Å². The molecule has 0 aliphatic rings. The maximum atomic E-state index is 5.51. The maximum absolute atomic E-state index is 5.51. The second-order valence-electron chi connectivity index (χ2n) is 4.85. The molecular weight excluding hydrogens is 401 g/mol. The Morgan fingerprint density at radius 2 is 1.61 bits per heavy atom. The van der Waals surface area contributed by atoms with Gasteiger partial charge in [-0.15, -0.1) is 24.0 Å². The Morgan fingerprint density at radius 1 is 0.957 bits per heavy atom. The highest BCUT2D eigenvalue weighted by Crippen LogP contribution is 2.12. The smallest absolute Gasteiger partial charge is 0.191 e. The van der Waals surface area contributed by atoms with Gasteiger partial charge >= 0.3 is 0 Å². The zero-order chi connectivity index (χ0) is 15.6. The van der Waals surface area contributed by atoms with Crippen molar-refractivity contribution < 1.29 is 4.74 Å². The molecule has 0 spiro atoms. The number of hydrogen-bond donors (Lipinski definition) is 2. The first-order valence-electron chi connectivity index (χ1n) is 7.52. The quantitative estimate of drug-likeness (QED) is 0.423. The van der Waals surface area contributed by atoms with Gasteiger partial charge < -0.3 is 15.4 Å². The first kappa shape index (κ1) is 19.3. The fourth-order valence-electron chi connectivity index (χ4n) is 2.10. The third-order valence-corrected chi connectivity index (χ3v) is 3.20. The molecule has 0 unspecified atom stereocenters. The Morgan fingerprint density at radius 3 is 2.26 bits per heavy atom. The van der Waals surface area contributed by atoms with Gasteiger partial charge in [-0.2, -0.15) is 0 Å². The molecule has 23 heavy (non-hydrogen) atoms. The van der Waals surface area contributed by atoms with Crippen molar-refractivity contribution in [3.63, 3.8) is 0 Å². The summed E-state index contributed by atoms with van der Waals surface area (Å²) < 4.78 is 5.51. The SMILES string of the molecule is CCOc1cccc(CNC(=NC)NCc2ccccc2)c1.I. The number of ether oxygens (including phenoxy) is 1. The van der Waals surface area contributed by atoms with Crippen LogP contribution in [-0.4, -0.2) is 19.6 Å². The molecule has 0 bridgehead atoms. The minimum atomic E-state index is 0. The van der Waals surface area contributed by atoms with Crippen molar-refractivity contribution in [2.24, 2.45) is 4.99 Å². The molecule has 0 aliphatic heterocycles. The fraction of sp³-hybridized carbons (Fsp3) is 0.278. The van der Waals surface area contributed by atoms with Gasteiger partial charge in [-0.25, -0.2) is 0 Å². The molecule has 0 heterocycles. The molecule has 2 N–H and O–H groups in total. The average Bonchev–Trinajstić information content (AvgIpc) is 2.57. The summed E-state index contributed by atoms with van der Waals surface area (Å²) in [5.74, 6) is 1.68. The van der Waals surface area contributed by atoms with Gasteiger partial charge in [0.25, 0.3) is 0 Å². The summed E-state index contributed by atoms with van der Waals surface area (Å²) in [5.41, 5.74) is 2.39. The van der Waals surface area contributed by atoms with Crippen LogP contribution in [0.15, 0.2) is 59.6 Å². The number of guanidine groups is 1. The predicted molar refractivity (Wildman–Crippen MR) is 107 cm³/mol. The first-order valence-corrected chi connectivity index (χ1v) is 7.52. The third-order valence-electron chi connectivity index (χ3n) is 3.20. The average molecular weight is 425 g/mol. The van der Waals surface area contributed by atoms with Gasteiger partial charge in [0.1, 0.15) is 5.75 Å². The van der Waals surface area contributed by atoms with E-state index < -0.39 is 0 Å². The van der Waals surface area contributed by atoms with Gasteiger partial charge in [0.15, 0.2) is 5.96 Å². The number of halogens is 1. The first-order chi connectivity index (χ1) is 10.8. The largest absolute Gasteiger partial charge is 0.494 e. The second kappa shape index (κ2) is 10.9. The van der Waals surface area contributed by atoms with Crippen LogP contribution in [0, 0.1) is 0 Å². The van der Waals surface area contributed by atoms with Crippen molar-refractivity contribution in [3.8, 4) is 5.75 Å². The van der Waals surface area contributed by atoms with E-state index in [2.05, 4.69) is 33.8 Å². The Balaban J connectivity index is 0.00000264. The maximum Gasteiger partial charge on any atom is 0.191 e. The molecule has 124 valence electrons. The van der Waals surface area contributed by atoms with Crippen molar-refractivity contribution in [2.75, 3.05) is 13.7 Å². The Hall–Kier alpha value is -1.76. The summed E-state index contributed by atoms with van der Waals surface area (Å²) in [4.78, 5) is 4.24. The molecule has 0 radical (unpaired) electrons. The lowest BCUT2D eigenvalue weighted by Crippen LogP contribution is -2.36. The van der Waals surface area contributed by atoms with Gasteiger partial charge in [0.2, 0.25) is 0 Å². The van der Waals surface area contributed by atoms with E-state index in [4.69, 9.17) is 4.74 Å². The van der Waals surface area contributed by atoms with Crippen LogP contribution in [0.3, 0.4) is 0 Å². The number of aliphatic imine (C=N–C) groups is 1. The monoisotopic (exact) mass is 425 g/mol. The lowest BCUT2D eigenvalue weighted by atomic mass is 10.2. The molecule has 2 aromatic carbocycles. The normalized spacial score (nSPS) is 10.6. The molecule has 5 heteroatoms. The molecule has 0 atom stereocenters. The van der Waals surface area contributed by atoms with Crippen molar-refractivity contribution in [3.05, 3.63) is 65.7 Å². The van der Waals surface area contributed by atoms with E-state index in [1.807, 2.05) is 43.3 Å². The number of benzene rings is 2. The van der Waals surface area contributed by atoms with Crippen LogP contribution in [0.2, 0.25) is 0 Å². The zero-order valence-electron chi connectivity index (χ0n) is 13.6. The molecule has 0 aliphatic carbocycles. The summed E-state index contributed by atoms with van der Waals surface area (Å²) in [6.45, 7) is 4.12. The fourth-order valence-corrected chi connectivity index (χ4v) is 2.10. The minimum Gasteiger partial charge on any atom is -0.494 e. The number of rotatable bonds is 6. The summed E-state index contributed by atoms with van der Waals surface area (Å²) >= 11 is 0. The zero-order valence-corrected chi connectivity index (χ0v) is 15.9. The van der Waals surface area contributed by atoms with Crippen LogP contribution < -0.4 is 15.4 Å². The van der Waals surface area contributed by atoms with E-state index in [1.54, 1.807) is 7.05 Å². The predicted octanol–water partition coefficient (Wildman–Crippen LogP) is 3.57. The Labute approximate surface area is 155 Å². The van der Waals surface area contributed by atoms with E-state index in [0.29, 0.717) is 13.2 Å². The minimum absolute atomic E-state index is 0. The molecule has 0 saturated carbocycles. The van der Waals surface area contributed by atoms with Crippen LogP contribution in [-0.2, 0) is 13.1 Å². The van der Waals surface area contributed by atoms with E-state index in [1.165, 1.54) is 5.56 Å². The summed E-state index contributed by atoms with van der Waals surface area (Å²) in [6, 6.07) is 18.3. The van der Waals surface area contributed by atoms with Crippen LogP contribution >= 0.6 is 24.0 Å². The van der Waals surface area contributed by atoms with E-state index in [-0.39, 0.29) is 24.0 Å². The van der Waals surface area contributed by atoms with Crippen LogP contribution in [0.1, 0.15) is 18.1 Å². The highest BCUT2D eigenvalue weighted by atomic mass is 127. The van der Waals surface area contributed by atoms with Gasteiger partial charge in [0.05, 0.1) is 6.61 Å². The van der Waals surface area contributed by atoms with Gasteiger partial charge in [-0.05, 0) is 30.2 Å². The molecule has 2 aromatic rings. The van der Waals surface area contributed by atoms with Crippen molar-refractivity contribution >= 4 is 29.9 Å². The number of hydrogen-bond acceptors (Lipinski definition) is 2. The molecule has 2 rings (SSSR count). The van der Waals surface area contributed by atoms with E-state index in [9.17, 15) is 0 Å². The standard InChI is InChI=1S/C18H23N3O.HI/c1-3-22-17-11-7-10-16(12-17)14-21-18(19-2)20-13-15-8-5-4-6-9-15;/h4-12H,3,13-14H2,1-2H3,(H2,19,20,21);1H. The highest BCUT2D eigenvalue weighted by molar-refractivity contribution is 14.0. The summed E-state index contributed by atoms with van der Waals surface area (Å²) in [6.07, 6.45) is 0. The van der Waals surface area contributed by atoms with Crippen molar-refractivity contribution in [2.45, 2.75) is 20.0 Å². The van der Waals surface area contributed by atoms with Crippen LogP contribution in [0.25, 0.3) is 0 Å². The van der Waals surface area contributed by atoms with Crippen molar-refractivity contribution in [1.29, 1.82) is 0 Å². The van der Waals surface area contributed by atoms with Crippen LogP contribution in [0.4, 0.5) is 0 Å². The third kappa shape index (κ3) is 6.90. The van der Waals surface area contributed by atoms with E-state index in [0.717, 1.165) is 23.8 Å². The van der Waals surface area contributed by atoms with Crippen molar-refractivity contribution in [1.82, 2.24) is 10.6 Å². The number of nitrogens with zero attached hydrogens (tertiary/aromatic N) is 1. The highest BCUT2D eigenvalue weighted by Gasteiger charge is 2.00. The lowest BCUT2D eigenvalue weighted by Gasteiger charge is -2.12. The molecule has 4 nitrogen and oxygen atoms in total. The van der Waals surface area contributed by atoms with E-state index >= 15 is 0 Å². The number of nitrogens with one attached hydrogen (secondary N) is 2. The summed E-state index contributed by atoms with van der Waals surface area (Å²) in [7, 11) is 1.77. The van der Waals surface area contributed by atoms with Gasteiger partial charge in [-0.1, -0.05) is 42.5 Å². The summed E-state index contributed by atoms with van der Waals surface area (Å²) in [5, 5.41) is 6.61. The molecular formula is C18H24IN3O. The molecule has 0 aromatic heterocycles. The second-order valence-corrected chi connectivity index (χ2v) is 4.85. The van der Waals surface area contributed by atoms with Gasteiger partial charge in [0, 0.05) is 20.1 Å². The molecule has 0 amide bonds. The van der Waals surface area contributed by atoms with Gasteiger partial charge in [-0.3, -0.25) is 4.99 Å². The molecule has 0 fully saturated rings. The Bertz CT molecular complexity index is 602. The Kier molecular flexibility index (Phi) is 9.12. The van der Waals surface area contributed by atoms with Crippen LogP contribution in [0.5, 0.6) is 5.75 Å². The lowest BCUT2D eigenvalue weighted by molar-refractivity contribution is 0.340. The molecule has 0 saturated heterocycles.